The van der Waals surface area contributed by atoms with Crippen LogP contribution in [0.15, 0.2) is 18.2 Å². The lowest BCUT2D eigenvalue weighted by molar-refractivity contribution is 0.624. The Labute approximate surface area is 104 Å². The molecule has 1 fully saturated rings. The van der Waals surface area contributed by atoms with Crippen LogP contribution in [0.1, 0.15) is 18.4 Å². The summed E-state index contributed by atoms with van der Waals surface area (Å²) in [6, 6.07) is 6.32. The summed E-state index contributed by atoms with van der Waals surface area (Å²) in [7, 11) is -0.595. The van der Waals surface area contributed by atoms with Gasteiger partial charge in [-0.15, -0.1) is 0 Å². The van der Waals surface area contributed by atoms with Crippen LogP contribution in [0.5, 0.6) is 0 Å². The Morgan fingerprint density at radius 1 is 1.38 bits per heavy atom. The molecule has 1 aliphatic rings. The largest absolute Gasteiger partial charge is 0.382 e. The number of rotatable bonds is 2. The predicted molar refractivity (Wildman–Crippen MR) is 70.7 cm³/mol. The van der Waals surface area contributed by atoms with Crippen molar-refractivity contribution in [2.45, 2.75) is 25.8 Å². The molecule has 1 heterocycles. The topological polar surface area (TPSA) is 29.1 Å². The van der Waals surface area contributed by atoms with Crippen molar-refractivity contribution in [3.05, 3.63) is 28.8 Å². The molecule has 0 aliphatic carbocycles. The van der Waals surface area contributed by atoms with Gasteiger partial charge in [-0.05, 0) is 37.5 Å². The Morgan fingerprint density at radius 3 is 2.75 bits per heavy atom. The second-order valence-electron chi connectivity index (χ2n) is 4.23. The third kappa shape index (κ3) is 2.98. The van der Waals surface area contributed by atoms with Gasteiger partial charge in [-0.1, -0.05) is 17.7 Å². The summed E-state index contributed by atoms with van der Waals surface area (Å²) in [5.74, 6) is 1.63. The van der Waals surface area contributed by atoms with E-state index in [1.54, 1.807) is 0 Å². The zero-order valence-corrected chi connectivity index (χ0v) is 10.9. The number of aryl methyl sites for hydroxylation is 1. The minimum atomic E-state index is -0.595. The number of nitrogens with one attached hydrogen (secondary N) is 1. The van der Waals surface area contributed by atoms with E-state index in [9.17, 15) is 4.21 Å². The summed E-state index contributed by atoms with van der Waals surface area (Å²) < 4.78 is 11.2. The van der Waals surface area contributed by atoms with E-state index in [2.05, 4.69) is 12.2 Å². The third-order valence-electron chi connectivity index (χ3n) is 2.95. The molecule has 0 unspecified atom stereocenters. The quantitative estimate of drug-likeness (QED) is 0.883. The fourth-order valence-electron chi connectivity index (χ4n) is 1.91. The molecule has 1 aromatic carbocycles. The van der Waals surface area contributed by atoms with Crippen molar-refractivity contribution in [2.75, 3.05) is 16.8 Å². The average Bonchev–Trinajstić information content (AvgIpc) is 2.27. The summed E-state index contributed by atoms with van der Waals surface area (Å²) >= 11 is 5.97. The first-order valence-corrected chi connectivity index (χ1v) is 7.39. The van der Waals surface area contributed by atoms with Crippen molar-refractivity contribution < 1.29 is 4.21 Å². The van der Waals surface area contributed by atoms with E-state index >= 15 is 0 Å². The van der Waals surface area contributed by atoms with Crippen LogP contribution in [0.3, 0.4) is 0 Å². The lowest BCUT2D eigenvalue weighted by atomic mass is 10.1. The minimum Gasteiger partial charge on any atom is -0.382 e. The molecule has 2 rings (SSSR count). The van der Waals surface area contributed by atoms with E-state index in [1.807, 2.05) is 18.2 Å². The SMILES string of the molecule is Cc1ccc(Cl)cc1NC1CCS(=O)CC1. The summed E-state index contributed by atoms with van der Waals surface area (Å²) in [6.07, 6.45) is 1.97. The van der Waals surface area contributed by atoms with Gasteiger partial charge in [0.15, 0.2) is 0 Å². The smallest absolute Gasteiger partial charge is 0.0426 e. The Morgan fingerprint density at radius 2 is 2.06 bits per heavy atom. The zero-order chi connectivity index (χ0) is 11.5. The summed E-state index contributed by atoms with van der Waals surface area (Å²) in [4.78, 5) is 0. The third-order valence-corrected chi connectivity index (χ3v) is 4.56. The standard InChI is InChI=1S/C12H16ClNOS/c1-9-2-3-10(13)8-12(9)14-11-4-6-16(15)7-5-11/h2-3,8,11,14H,4-7H2,1H3. The van der Waals surface area contributed by atoms with Crippen molar-refractivity contribution in [1.82, 2.24) is 0 Å². The summed E-state index contributed by atoms with van der Waals surface area (Å²) in [6.45, 7) is 2.07. The van der Waals surface area contributed by atoms with Gasteiger partial charge in [0, 0.05) is 39.1 Å². The molecule has 1 aliphatic heterocycles. The first-order chi connectivity index (χ1) is 7.65. The van der Waals surface area contributed by atoms with Gasteiger partial charge in [-0.3, -0.25) is 4.21 Å². The fraction of sp³-hybridized carbons (Fsp3) is 0.500. The van der Waals surface area contributed by atoms with Crippen LogP contribution in [0.4, 0.5) is 5.69 Å². The van der Waals surface area contributed by atoms with Crippen LogP contribution < -0.4 is 5.32 Å². The highest BCUT2D eigenvalue weighted by molar-refractivity contribution is 7.85. The van der Waals surface area contributed by atoms with E-state index in [-0.39, 0.29) is 0 Å². The van der Waals surface area contributed by atoms with Gasteiger partial charge in [0.05, 0.1) is 0 Å². The highest BCUT2D eigenvalue weighted by atomic mass is 35.5. The molecular weight excluding hydrogens is 242 g/mol. The normalized spacial score (nSPS) is 25.4. The molecule has 1 N–H and O–H groups in total. The molecule has 1 aromatic rings. The van der Waals surface area contributed by atoms with Gasteiger partial charge in [-0.2, -0.15) is 0 Å². The summed E-state index contributed by atoms with van der Waals surface area (Å²) in [5.41, 5.74) is 2.31. The molecule has 0 aromatic heterocycles. The average molecular weight is 258 g/mol. The molecule has 0 amide bonds. The molecule has 0 atom stereocenters. The molecule has 1 saturated heterocycles. The van der Waals surface area contributed by atoms with Crippen LogP contribution in [-0.2, 0) is 10.8 Å². The number of benzene rings is 1. The maximum Gasteiger partial charge on any atom is 0.0426 e. The fourth-order valence-corrected chi connectivity index (χ4v) is 3.38. The molecule has 0 bridgehead atoms. The Balaban J connectivity index is 2.03. The van der Waals surface area contributed by atoms with Crippen LogP contribution in [0.2, 0.25) is 5.02 Å². The molecule has 88 valence electrons. The van der Waals surface area contributed by atoms with Gasteiger partial charge in [-0.25, -0.2) is 0 Å². The first kappa shape index (κ1) is 11.9. The molecular formula is C12H16ClNOS. The molecule has 2 nitrogen and oxygen atoms in total. The molecule has 0 saturated carbocycles. The number of halogens is 1. The Hall–Kier alpha value is -0.540. The monoisotopic (exact) mass is 257 g/mol. The van der Waals surface area contributed by atoms with Gasteiger partial charge in [0.2, 0.25) is 0 Å². The maximum atomic E-state index is 11.2. The molecule has 16 heavy (non-hydrogen) atoms. The highest BCUT2D eigenvalue weighted by Gasteiger charge is 2.17. The van der Waals surface area contributed by atoms with Crippen molar-refractivity contribution in [3.63, 3.8) is 0 Å². The van der Waals surface area contributed by atoms with Crippen LogP contribution >= 0.6 is 11.6 Å². The lowest BCUT2D eigenvalue weighted by Crippen LogP contribution is -2.29. The Kier molecular flexibility index (Phi) is 3.87. The van der Waals surface area contributed by atoms with Gasteiger partial charge < -0.3 is 5.32 Å². The van der Waals surface area contributed by atoms with Crippen LogP contribution in [0, 0.1) is 6.92 Å². The van der Waals surface area contributed by atoms with Gasteiger partial charge in [0.25, 0.3) is 0 Å². The van der Waals surface area contributed by atoms with Crippen molar-refractivity contribution in [3.8, 4) is 0 Å². The van der Waals surface area contributed by atoms with E-state index in [0.717, 1.165) is 35.1 Å². The zero-order valence-electron chi connectivity index (χ0n) is 9.33. The van der Waals surface area contributed by atoms with E-state index < -0.39 is 10.8 Å². The van der Waals surface area contributed by atoms with Crippen molar-refractivity contribution in [1.29, 1.82) is 0 Å². The summed E-state index contributed by atoms with van der Waals surface area (Å²) in [5, 5.41) is 4.25. The van der Waals surface area contributed by atoms with Crippen LogP contribution in [-0.4, -0.2) is 21.8 Å². The number of hydrogen-bond donors (Lipinski definition) is 1. The molecule has 0 radical (unpaired) electrons. The molecule has 4 heteroatoms. The van der Waals surface area contributed by atoms with E-state index in [1.165, 1.54) is 5.56 Å². The molecule has 0 spiro atoms. The number of hydrogen-bond acceptors (Lipinski definition) is 2. The van der Waals surface area contributed by atoms with E-state index in [0.29, 0.717) is 6.04 Å². The van der Waals surface area contributed by atoms with Gasteiger partial charge >= 0.3 is 0 Å². The van der Waals surface area contributed by atoms with Gasteiger partial charge in [0.1, 0.15) is 0 Å². The Bertz CT molecular complexity index is 398. The first-order valence-electron chi connectivity index (χ1n) is 5.53. The lowest BCUT2D eigenvalue weighted by Gasteiger charge is -2.24. The predicted octanol–water partition coefficient (Wildman–Crippen LogP) is 2.97. The van der Waals surface area contributed by atoms with Crippen LogP contribution in [0.25, 0.3) is 0 Å². The number of anilines is 1. The minimum absolute atomic E-state index is 0.440. The van der Waals surface area contributed by atoms with E-state index in [4.69, 9.17) is 11.6 Å². The van der Waals surface area contributed by atoms with Crippen molar-refractivity contribution >= 4 is 28.1 Å². The van der Waals surface area contributed by atoms with Crippen molar-refractivity contribution in [2.24, 2.45) is 0 Å². The highest BCUT2D eigenvalue weighted by Crippen LogP contribution is 2.23. The second-order valence-corrected chi connectivity index (χ2v) is 6.36. The maximum absolute atomic E-state index is 11.2. The second kappa shape index (κ2) is 5.19.